The van der Waals surface area contributed by atoms with Gasteiger partial charge in [0.15, 0.2) is 0 Å². The van der Waals surface area contributed by atoms with Crippen molar-refractivity contribution in [2.24, 2.45) is 0 Å². The topological polar surface area (TPSA) is 3.24 Å². The van der Waals surface area contributed by atoms with Crippen LogP contribution in [0.15, 0.2) is 261 Å². The van der Waals surface area contributed by atoms with Gasteiger partial charge in [0.1, 0.15) is 0 Å². The van der Waals surface area contributed by atoms with E-state index in [-0.39, 0.29) is 0 Å². The summed E-state index contributed by atoms with van der Waals surface area (Å²) in [7, 11) is 0. The highest BCUT2D eigenvalue weighted by atomic mass is 15.1. The predicted octanol–water partition coefficient (Wildman–Crippen LogP) is 16.8. The number of anilines is 3. The Balaban J connectivity index is 1.18. The molecule has 1 nitrogen and oxygen atoms in total. The van der Waals surface area contributed by atoms with Crippen molar-refractivity contribution in [3.63, 3.8) is 0 Å². The first kappa shape index (κ1) is 37.3. The van der Waals surface area contributed by atoms with Crippen molar-refractivity contribution in [1.82, 2.24) is 0 Å². The summed E-state index contributed by atoms with van der Waals surface area (Å²) in [4.78, 5) is 2.44. The van der Waals surface area contributed by atoms with Crippen molar-refractivity contribution in [3.8, 4) is 77.9 Å². The minimum absolute atomic E-state index is 1.07. The Morgan fingerprint density at radius 1 is 0.180 bits per heavy atom. The van der Waals surface area contributed by atoms with Gasteiger partial charge < -0.3 is 4.90 Å². The summed E-state index contributed by atoms with van der Waals surface area (Å²) < 4.78 is 0. The molecular formula is C60H43N. The summed E-state index contributed by atoms with van der Waals surface area (Å²) in [6, 6.07) is 94.1. The van der Waals surface area contributed by atoms with Gasteiger partial charge >= 0.3 is 0 Å². The summed E-state index contributed by atoms with van der Waals surface area (Å²) in [6.07, 6.45) is 0. The van der Waals surface area contributed by atoms with Gasteiger partial charge in [-0.2, -0.15) is 0 Å². The number of nitrogens with zero attached hydrogens (tertiary/aromatic N) is 1. The summed E-state index contributed by atoms with van der Waals surface area (Å²) >= 11 is 0. The van der Waals surface area contributed by atoms with Crippen molar-refractivity contribution in [3.05, 3.63) is 261 Å². The third-order valence-electron chi connectivity index (χ3n) is 11.5. The van der Waals surface area contributed by atoms with Crippen LogP contribution in [0, 0.1) is 0 Å². The molecule has 0 saturated carbocycles. The molecule has 0 heterocycles. The maximum absolute atomic E-state index is 2.44. The highest BCUT2D eigenvalue weighted by Crippen LogP contribution is 2.48. The van der Waals surface area contributed by atoms with Crippen LogP contribution in [0.5, 0.6) is 0 Å². The summed E-state index contributed by atoms with van der Waals surface area (Å²) in [5, 5.41) is 0. The largest absolute Gasteiger partial charge is 0.310 e. The maximum Gasteiger partial charge on any atom is 0.0546 e. The van der Waals surface area contributed by atoms with E-state index in [0.717, 1.165) is 39.3 Å². The molecule has 10 aromatic rings. The van der Waals surface area contributed by atoms with Crippen molar-refractivity contribution in [2.45, 2.75) is 0 Å². The van der Waals surface area contributed by atoms with Crippen LogP contribution in [0.4, 0.5) is 17.1 Å². The lowest BCUT2D eigenvalue weighted by molar-refractivity contribution is 1.28. The molecule has 0 spiro atoms. The van der Waals surface area contributed by atoms with Crippen molar-refractivity contribution in [1.29, 1.82) is 0 Å². The standard InChI is InChI=1S/C60H43N/c1-6-21-44(22-7-1)50-31-20-32-52(41-50)61(51-39-37-49(38-40-51)54-34-17-19-36-56(54)55-35-18-16-33-53(55)45-23-8-2-9-24-45)60-43-58(47-27-12-4-13-28-47)57(46-25-10-3-11-26-46)42-59(60)48-29-14-5-15-30-48/h1-43H. The molecule has 0 aliphatic heterocycles. The summed E-state index contributed by atoms with van der Waals surface area (Å²) in [5.74, 6) is 0. The van der Waals surface area contributed by atoms with E-state index in [0.29, 0.717) is 0 Å². The van der Waals surface area contributed by atoms with Crippen LogP contribution in [0.25, 0.3) is 77.9 Å². The van der Waals surface area contributed by atoms with E-state index in [1.54, 1.807) is 0 Å². The lowest BCUT2D eigenvalue weighted by Gasteiger charge is -2.30. The minimum atomic E-state index is 1.07. The van der Waals surface area contributed by atoms with Crippen LogP contribution >= 0.6 is 0 Å². The maximum atomic E-state index is 2.44. The molecule has 0 saturated heterocycles. The molecule has 10 aromatic carbocycles. The average molecular weight is 778 g/mol. The van der Waals surface area contributed by atoms with Gasteiger partial charge in [0.2, 0.25) is 0 Å². The molecule has 0 unspecified atom stereocenters. The fourth-order valence-electron chi connectivity index (χ4n) is 8.56. The van der Waals surface area contributed by atoms with Gasteiger partial charge in [0.05, 0.1) is 5.69 Å². The van der Waals surface area contributed by atoms with E-state index in [2.05, 4.69) is 266 Å². The Labute approximate surface area is 359 Å². The third kappa shape index (κ3) is 7.69. The normalized spacial score (nSPS) is 11.0. The fourth-order valence-corrected chi connectivity index (χ4v) is 8.56. The molecule has 0 aliphatic rings. The minimum Gasteiger partial charge on any atom is -0.310 e. The Morgan fingerprint density at radius 3 is 1.03 bits per heavy atom. The van der Waals surface area contributed by atoms with Crippen LogP contribution in [0.2, 0.25) is 0 Å². The molecule has 0 fully saturated rings. The lowest BCUT2D eigenvalue weighted by Crippen LogP contribution is -2.12. The first-order valence-corrected chi connectivity index (χ1v) is 20.9. The molecule has 0 bridgehead atoms. The van der Waals surface area contributed by atoms with Crippen molar-refractivity contribution < 1.29 is 0 Å². The van der Waals surface area contributed by atoms with E-state index < -0.39 is 0 Å². The Morgan fingerprint density at radius 2 is 0.541 bits per heavy atom. The Hall–Kier alpha value is -8.00. The molecule has 0 N–H and O–H groups in total. The van der Waals surface area contributed by atoms with Gasteiger partial charge in [0, 0.05) is 16.9 Å². The molecule has 288 valence electrons. The number of benzene rings is 10. The van der Waals surface area contributed by atoms with E-state index in [4.69, 9.17) is 0 Å². The summed E-state index contributed by atoms with van der Waals surface area (Å²) in [5.41, 5.74) is 19.8. The average Bonchev–Trinajstić information content (AvgIpc) is 3.35. The molecule has 10 rings (SSSR count). The van der Waals surface area contributed by atoms with Gasteiger partial charge in [-0.05, 0) is 109 Å². The zero-order chi connectivity index (χ0) is 40.8. The van der Waals surface area contributed by atoms with E-state index in [9.17, 15) is 0 Å². The quantitative estimate of drug-likeness (QED) is 0.134. The van der Waals surface area contributed by atoms with Gasteiger partial charge in [-0.3, -0.25) is 0 Å². The second-order valence-electron chi connectivity index (χ2n) is 15.3. The zero-order valence-corrected chi connectivity index (χ0v) is 33.8. The monoisotopic (exact) mass is 777 g/mol. The molecular weight excluding hydrogens is 735 g/mol. The first-order chi connectivity index (χ1) is 30.3. The van der Waals surface area contributed by atoms with Crippen LogP contribution in [0.1, 0.15) is 0 Å². The summed E-state index contributed by atoms with van der Waals surface area (Å²) in [6.45, 7) is 0. The predicted molar refractivity (Wildman–Crippen MR) is 259 cm³/mol. The third-order valence-corrected chi connectivity index (χ3v) is 11.5. The highest BCUT2D eigenvalue weighted by molar-refractivity contribution is 5.98. The number of hydrogen-bond acceptors (Lipinski definition) is 1. The zero-order valence-electron chi connectivity index (χ0n) is 33.8. The smallest absolute Gasteiger partial charge is 0.0546 e. The van der Waals surface area contributed by atoms with Crippen LogP contribution < -0.4 is 4.90 Å². The lowest BCUT2D eigenvalue weighted by atomic mass is 9.88. The molecule has 0 radical (unpaired) electrons. The van der Waals surface area contributed by atoms with Gasteiger partial charge in [-0.15, -0.1) is 0 Å². The van der Waals surface area contributed by atoms with Gasteiger partial charge in [0.25, 0.3) is 0 Å². The number of rotatable bonds is 10. The van der Waals surface area contributed by atoms with Crippen molar-refractivity contribution in [2.75, 3.05) is 4.90 Å². The Kier molecular flexibility index (Phi) is 10.4. The molecule has 0 atom stereocenters. The second-order valence-corrected chi connectivity index (χ2v) is 15.3. The van der Waals surface area contributed by atoms with Crippen molar-refractivity contribution >= 4 is 17.1 Å². The highest BCUT2D eigenvalue weighted by Gasteiger charge is 2.22. The molecule has 61 heavy (non-hydrogen) atoms. The fraction of sp³-hybridized carbons (Fsp3) is 0. The second kappa shape index (κ2) is 17.1. The number of hydrogen-bond donors (Lipinski definition) is 0. The molecule has 0 aromatic heterocycles. The SMILES string of the molecule is c1ccc(-c2cccc(N(c3ccc(-c4ccccc4-c4ccccc4-c4ccccc4)cc3)c3cc(-c4ccccc4)c(-c4ccccc4)cc3-c3ccccc3)c2)cc1. The van der Waals surface area contributed by atoms with Crippen LogP contribution in [-0.2, 0) is 0 Å². The van der Waals surface area contributed by atoms with Gasteiger partial charge in [-0.25, -0.2) is 0 Å². The Bertz CT molecular complexity index is 3030. The molecule has 0 aliphatic carbocycles. The van der Waals surface area contributed by atoms with Gasteiger partial charge in [-0.1, -0.05) is 224 Å². The van der Waals surface area contributed by atoms with E-state index >= 15 is 0 Å². The first-order valence-electron chi connectivity index (χ1n) is 20.9. The molecule has 1 heteroatoms. The van der Waals surface area contributed by atoms with Crippen LogP contribution in [-0.4, -0.2) is 0 Å². The van der Waals surface area contributed by atoms with Crippen LogP contribution in [0.3, 0.4) is 0 Å². The van der Waals surface area contributed by atoms with E-state index in [1.807, 2.05) is 0 Å². The molecule has 0 amide bonds. The van der Waals surface area contributed by atoms with E-state index in [1.165, 1.54) is 55.6 Å².